The van der Waals surface area contributed by atoms with Crippen molar-refractivity contribution in [2.75, 3.05) is 13.2 Å². The van der Waals surface area contributed by atoms with E-state index in [9.17, 15) is 8.42 Å². The Morgan fingerprint density at radius 1 is 1.70 bits per heavy atom. The first kappa shape index (κ1) is 7.89. The van der Waals surface area contributed by atoms with Crippen molar-refractivity contribution < 1.29 is 21.6 Å². The van der Waals surface area contributed by atoms with Crippen LogP contribution in [0.5, 0.6) is 0 Å². The highest BCUT2D eigenvalue weighted by Gasteiger charge is 2.29. The van der Waals surface area contributed by atoms with Gasteiger partial charge in [0.05, 0.1) is 13.2 Å². The van der Waals surface area contributed by atoms with Crippen molar-refractivity contribution in [3.63, 3.8) is 0 Å². The molecule has 0 amide bonds. The second kappa shape index (κ2) is 2.81. The van der Waals surface area contributed by atoms with Gasteiger partial charge < -0.3 is 4.84 Å². The zero-order chi connectivity index (χ0) is 7.61. The van der Waals surface area contributed by atoms with E-state index in [0.717, 1.165) is 0 Å². The summed E-state index contributed by atoms with van der Waals surface area (Å²) < 4.78 is 29.3. The normalized spacial score (nSPS) is 30.7. The van der Waals surface area contributed by atoms with E-state index in [1.807, 2.05) is 0 Å². The van der Waals surface area contributed by atoms with Crippen LogP contribution in [0.3, 0.4) is 0 Å². The van der Waals surface area contributed by atoms with E-state index in [-0.39, 0.29) is 13.2 Å². The molecule has 0 aromatic carbocycles. The van der Waals surface area contributed by atoms with Crippen molar-refractivity contribution in [3.8, 4) is 0 Å². The second-order valence-electron chi connectivity index (χ2n) is 1.74. The van der Waals surface area contributed by atoms with Crippen molar-refractivity contribution in [2.24, 2.45) is 5.90 Å². The second-order valence-corrected chi connectivity index (χ2v) is 2.99. The molecule has 2 N–H and O–H groups in total. The van der Waals surface area contributed by atoms with Gasteiger partial charge in [-0.05, 0) is 0 Å². The molecule has 0 spiro atoms. The maximum atomic E-state index is 10.4. The molecule has 0 aliphatic carbocycles. The summed E-state index contributed by atoms with van der Waals surface area (Å²) in [7, 11) is -3.75. The molecule has 1 aliphatic rings. The van der Waals surface area contributed by atoms with Crippen molar-refractivity contribution in [2.45, 2.75) is 6.10 Å². The first-order valence-corrected chi connectivity index (χ1v) is 3.87. The van der Waals surface area contributed by atoms with Crippen LogP contribution in [0.4, 0.5) is 0 Å². The minimum atomic E-state index is -3.75. The summed E-state index contributed by atoms with van der Waals surface area (Å²) in [6, 6.07) is 0. The smallest absolute Gasteiger partial charge is 0.302 e. The monoisotopic (exact) mass is 169 g/mol. The van der Waals surface area contributed by atoms with E-state index < -0.39 is 16.5 Å². The average molecular weight is 169 g/mol. The van der Waals surface area contributed by atoms with Gasteiger partial charge in [-0.2, -0.15) is 8.42 Å². The van der Waals surface area contributed by atoms with Crippen LogP contribution in [0.1, 0.15) is 0 Å². The summed E-state index contributed by atoms with van der Waals surface area (Å²) in [5.74, 6) is 4.67. The lowest BCUT2D eigenvalue weighted by molar-refractivity contribution is 0.0609. The number of hydrogen-bond donors (Lipinski definition) is 1. The molecule has 1 heterocycles. The average Bonchev–Trinajstić information content (AvgIpc) is 2.12. The standard InChI is InChI=1S/C3H7NO5S/c4-7-1-3-2-8-10(5,6)9-3/h3H,1-2,4H2. The topological polar surface area (TPSA) is 87.9 Å². The lowest BCUT2D eigenvalue weighted by Crippen LogP contribution is -2.20. The Morgan fingerprint density at radius 3 is 2.80 bits per heavy atom. The molecule has 60 valence electrons. The Labute approximate surface area is 58.1 Å². The minimum absolute atomic E-state index is 0.0131. The van der Waals surface area contributed by atoms with Crippen LogP contribution in [0.2, 0.25) is 0 Å². The first-order chi connectivity index (χ1) is 4.64. The van der Waals surface area contributed by atoms with E-state index in [2.05, 4.69) is 19.1 Å². The summed E-state index contributed by atoms with van der Waals surface area (Å²) in [6.45, 7) is -0.0151. The largest absolute Gasteiger partial charge is 0.400 e. The maximum Gasteiger partial charge on any atom is 0.400 e. The molecule has 1 atom stereocenters. The summed E-state index contributed by atoms with van der Waals surface area (Å²) in [5, 5.41) is 0. The van der Waals surface area contributed by atoms with Gasteiger partial charge in [0.2, 0.25) is 0 Å². The highest BCUT2D eigenvalue weighted by molar-refractivity contribution is 7.82. The molecule has 1 fully saturated rings. The summed E-state index contributed by atoms with van der Waals surface area (Å²) in [5.41, 5.74) is 0. The minimum Gasteiger partial charge on any atom is -0.302 e. The van der Waals surface area contributed by atoms with E-state index in [1.165, 1.54) is 0 Å². The summed E-state index contributed by atoms with van der Waals surface area (Å²) in [6.07, 6.45) is -0.602. The van der Waals surface area contributed by atoms with Crippen LogP contribution in [-0.4, -0.2) is 27.7 Å². The zero-order valence-electron chi connectivity index (χ0n) is 5.02. The SMILES string of the molecule is NOCC1COS(=O)(=O)O1. The van der Waals surface area contributed by atoms with E-state index in [4.69, 9.17) is 0 Å². The van der Waals surface area contributed by atoms with Gasteiger partial charge in [0, 0.05) is 0 Å². The predicted octanol–water partition coefficient (Wildman–Crippen LogP) is -1.46. The third-order valence-electron chi connectivity index (χ3n) is 0.934. The molecule has 0 aromatic heterocycles. The molecule has 1 saturated heterocycles. The van der Waals surface area contributed by atoms with Gasteiger partial charge >= 0.3 is 10.4 Å². The highest BCUT2D eigenvalue weighted by atomic mass is 32.3. The van der Waals surface area contributed by atoms with E-state index in [1.54, 1.807) is 0 Å². The molecule has 7 heteroatoms. The van der Waals surface area contributed by atoms with Crippen LogP contribution in [0.25, 0.3) is 0 Å². The molecule has 0 saturated carbocycles. The molecule has 10 heavy (non-hydrogen) atoms. The summed E-state index contributed by atoms with van der Waals surface area (Å²) in [4.78, 5) is 4.15. The number of rotatable bonds is 2. The van der Waals surface area contributed by atoms with Gasteiger partial charge in [-0.3, -0.25) is 0 Å². The molecule has 0 aromatic rings. The maximum absolute atomic E-state index is 10.4. The third-order valence-corrected chi connectivity index (χ3v) is 1.87. The molecule has 1 rings (SSSR count). The van der Waals surface area contributed by atoms with Crippen LogP contribution < -0.4 is 5.90 Å². The fourth-order valence-corrected chi connectivity index (χ4v) is 1.38. The third kappa shape index (κ3) is 1.89. The lowest BCUT2D eigenvalue weighted by atomic mass is 10.4. The lowest BCUT2D eigenvalue weighted by Gasteiger charge is -2.00. The van der Waals surface area contributed by atoms with Gasteiger partial charge in [0.25, 0.3) is 0 Å². The molecule has 6 nitrogen and oxygen atoms in total. The van der Waals surface area contributed by atoms with Crippen LogP contribution in [0, 0.1) is 0 Å². The Balaban J connectivity index is 2.44. The predicted molar refractivity (Wildman–Crippen MR) is 29.9 cm³/mol. The Bertz CT molecular complexity index is 199. The zero-order valence-corrected chi connectivity index (χ0v) is 5.83. The summed E-state index contributed by atoms with van der Waals surface area (Å²) >= 11 is 0. The van der Waals surface area contributed by atoms with Gasteiger partial charge in [-0.25, -0.2) is 14.3 Å². The van der Waals surface area contributed by atoms with E-state index in [0.29, 0.717) is 0 Å². The molecule has 0 bridgehead atoms. The molecule has 1 aliphatic heterocycles. The van der Waals surface area contributed by atoms with Gasteiger partial charge in [-0.1, -0.05) is 0 Å². The van der Waals surface area contributed by atoms with Crippen molar-refractivity contribution in [1.82, 2.24) is 0 Å². The van der Waals surface area contributed by atoms with Crippen molar-refractivity contribution in [1.29, 1.82) is 0 Å². The molecule has 0 radical (unpaired) electrons. The Kier molecular flexibility index (Phi) is 2.21. The van der Waals surface area contributed by atoms with Crippen LogP contribution in [0.15, 0.2) is 0 Å². The Morgan fingerprint density at radius 2 is 2.40 bits per heavy atom. The molecular weight excluding hydrogens is 162 g/mol. The van der Waals surface area contributed by atoms with Crippen LogP contribution in [-0.2, 0) is 23.6 Å². The molecular formula is C3H7NO5S. The molecule has 1 unspecified atom stereocenters. The van der Waals surface area contributed by atoms with E-state index >= 15 is 0 Å². The van der Waals surface area contributed by atoms with Crippen molar-refractivity contribution >= 4 is 10.4 Å². The first-order valence-electron chi connectivity index (χ1n) is 2.53. The van der Waals surface area contributed by atoms with Gasteiger partial charge in [0.15, 0.2) is 0 Å². The van der Waals surface area contributed by atoms with Gasteiger partial charge in [0.1, 0.15) is 6.10 Å². The van der Waals surface area contributed by atoms with Gasteiger partial charge in [-0.15, -0.1) is 0 Å². The fourth-order valence-electron chi connectivity index (χ4n) is 0.565. The highest BCUT2D eigenvalue weighted by Crippen LogP contribution is 2.11. The fraction of sp³-hybridized carbons (Fsp3) is 1.00. The van der Waals surface area contributed by atoms with Crippen LogP contribution >= 0.6 is 0 Å². The van der Waals surface area contributed by atoms with Crippen molar-refractivity contribution in [3.05, 3.63) is 0 Å². The Hall–Kier alpha value is -0.210. The number of nitrogens with two attached hydrogens (primary N) is 1. The number of hydrogen-bond acceptors (Lipinski definition) is 6. The quantitative estimate of drug-likeness (QED) is 0.508.